The molecule has 0 fully saturated rings. The Balaban J connectivity index is 1.51. The second-order valence-electron chi connectivity index (χ2n) is 7.94. The number of fused-ring (bicyclic) bond motifs is 1. The number of allylic oxidation sites excluding steroid dienone is 1. The van der Waals surface area contributed by atoms with Crippen molar-refractivity contribution in [3.63, 3.8) is 0 Å². The van der Waals surface area contributed by atoms with E-state index in [0.717, 1.165) is 17.0 Å². The predicted octanol–water partition coefficient (Wildman–Crippen LogP) is 6.38. The van der Waals surface area contributed by atoms with Crippen LogP contribution in [0.5, 0.6) is 5.75 Å². The van der Waals surface area contributed by atoms with E-state index in [0.29, 0.717) is 34.3 Å². The summed E-state index contributed by atoms with van der Waals surface area (Å²) < 4.78 is 21.9. The Kier molecular flexibility index (Phi) is 6.25. The molecule has 5 rings (SSSR count). The van der Waals surface area contributed by atoms with E-state index < -0.39 is 6.04 Å². The molecule has 1 amide bonds. The van der Waals surface area contributed by atoms with Crippen LogP contribution >= 0.6 is 11.6 Å². The summed E-state index contributed by atoms with van der Waals surface area (Å²) in [5.41, 5.74) is 2.97. The van der Waals surface area contributed by atoms with Crippen LogP contribution in [-0.4, -0.2) is 22.3 Å². The van der Waals surface area contributed by atoms with Gasteiger partial charge >= 0.3 is 0 Å². The van der Waals surface area contributed by atoms with Crippen molar-refractivity contribution in [2.45, 2.75) is 13.0 Å². The number of halogens is 2. The van der Waals surface area contributed by atoms with Crippen LogP contribution in [0.1, 0.15) is 34.5 Å². The van der Waals surface area contributed by atoms with Gasteiger partial charge in [0.15, 0.2) is 0 Å². The minimum atomic E-state index is -0.551. The Bertz CT molecular complexity index is 1400. The molecule has 2 N–H and O–H groups in total. The van der Waals surface area contributed by atoms with E-state index in [1.807, 2.05) is 25.1 Å². The molecule has 3 aromatic carbocycles. The first-order valence-electron chi connectivity index (χ1n) is 11.1. The number of hydrogen-bond acceptors (Lipinski definition) is 4. The highest BCUT2D eigenvalue weighted by Crippen LogP contribution is 2.36. The fraction of sp³-hybridized carbons (Fsp3) is 0.111. The normalized spacial score (nSPS) is 14.5. The van der Waals surface area contributed by atoms with Crippen LogP contribution in [-0.2, 0) is 0 Å². The van der Waals surface area contributed by atoms with Crippen molar-refractivity contribution in [2.24, 2.45) is 0 Å². The van der Waals surface area contributed by atoms with Crippen molar-refractivity contribution in [3.05, 3.63) is 113 Å². The number of nitrogens with zero attached hydrogens (tertiary/aromatic N) is 2. The Hall–Kier alpha value is -4.10. The van der Waals surface area contributed by atoms with Crippen LogP contribution in [0.3, 0.4) is 0 Å². The van der Waals surface area contributed by atoms with Crippen molar-refractivity contribution >= 4 is 34.7 Å². The zero-order valence-corrected chi connectivity index (χ0v) is 19.6. The molecule has 2 heterocycles. The molecule has 1 aromatic heterocycles. The maximum atomic E-state index is 14.8. The first-order chi connectivity index (χ1) is 17.0. The highest BCUT2D eigenvalue weighted by atomic mass is 35.5. The number of nitrogens with one attached hydrogen (secondary N) is 2. The molecule has 4 aromatic rings. The molecule has 1 aliphatic rings. The molecular weight excluding hydrogens is 467 g/mol. The van der Waals surface area contributed by atoms with Crippen LogP contribution in [0.2, 0.25) is 5.02 Å². The zero-order chi connectivity index (χ0) is 24.4. The molecule has 8 heteroatoms. The number of benzene rings is 3. The summed E-state index contributed by atoms with van der Waals surface area (Å²) in [6.07, 6.45) is 3.37. The number of carbonyl (C=O) groups excluding carboxylic acids is 1. The van der Waals surface area contributed by atoms with E-state index >= 15 is 0 Å². The van der Waals surface area contributed by atoms with Gasteiger partial charge in [0.1, 0.15) is 29.0 Å². The number of amides is 1. The molecular formula is C27H22ClFN4O2. The van der Waals surface area contributed by atoms with E-state index in [1.54, 1.807) is 59.3 Å². The highest BCUT2D eigenvalue weighted by molar-refractivity contribution is 6.30. The lowest BCUT2D eigenvalue weighted by Gasteiger charge is -2.26. The van der Waals surface area contributed by atoms with E-state index in [1.165, 1.54) is 12.3 Å². The summed E-state index contributed by atoms with van der Waals surface area (Å²) in [6.45, 7) is 2.47. The summed E-state index contributed by atoms with van der Waals surface area (Å²) in [6, 6.07) is 20.4. The summed E-state index contributed by atoms with van der Waals surface area (Å²) in [5, 5.41) is 11.2. The van der Waals surface area contributed by atoms with Crippen LogP contribution in [0.25, 0.3) is 5.70 Å². The number of aromatic nitrogens is 2. The molecule has 35 heavy (non-hydrogen) atoms. The Morgan fingerprint density at radius 2 is 1.86 bits per heavy atom. The molecule has 176 valence electrons. The maximum Gasteiger partial charge on any atom is 0.261 e. The lowest BCUT2D eigenvalue weighted by Crippen LogP contribution is -2.22. The first-order valence-corrected chi connectivity index (χ1v) is 11.5. The van der Waals surface area contributed by atoms with Crippen molar-refractivity contribution in [2.75, 3.05) is 17.2 Å². The summed E-state index contributed by atoms with van der Waals surface area (Å²) in [5.74, 6) is 0.496. The lowest BCUT2D eigenvalue weighted by atomic mass is 10.0. The van der Waals surface area contributed by atoms with E-state index in [2.05, 4.69) is 15.7 Å². The molecule has 0 saturated carbocycles. The average Bonchev–Trinajstić information content (AvgIpc) is 3.30. The summed E-state index contributed by atoms with van der Waals surface area (Å²) in [4.78, 5) is 13.2. The van der Waals surface area contributed by atoms with E-state index in [-0.39, 0.29) is 11.7 Å². The fourth-order valence-electron chi connectivity index (χ4n) is 4.00. The van der Waals surface area contributed by atoms with E-state index in [4.69, 9.17) is 16.3 Å². The summed E-state index contributed by atoms with van der Waals surface area (Å²) in [7, 11) is 0. The quantitative estimate of drug-likeness (QED) is 0.330. The topological polar surface area (TPSA) is 68.2 Å². The second-order valence-corrected chi connectivity index (χ2v) is 8.38. The van der Waals surface area contributed by atoms with Gasteiger partial charge in [-0.3, -0.25) is 4.79 Å². The SMILES string of the molecule is CCOc1ccc(NC(=O)c2cnn3c2NC(c2ccc(Cl)cc2)=C[C@H]3c2ccccc2F)cc1. The van der Waals surface area contributed by atoms with Gasteiger partial charge in [-0.2, -0.15) is 5.10 Å². The van der Waals surface area contributed by atoms with Crippen molar-refractivity contribution in [3.8, 4) is 5.75 Å². The lowest BCUT2D eigenvalue weighted by molar-refractivity contribution is 0.102. The predicted molar refractivity (Wildman–Crippen MR) is 135 cm³/mol. The standard InChI is InChI=1S/C27H22ClFN4O2/c1-2-35-20-13-11-19(12-14-20)31-27(34)22-16-30-33-25(21-5-3-4-6-23(21)29)15-24(32-26(22)33)17-7-9-18(28)10-8-17/h3-16,25,32H,2H2,1H3,(H,31,34)/t25-/m0/s1. The van der Waals surface area contributed by atoms with Crippen LogP contribution in [0, 0.1) is 5.82 Å². The average molecular weight is 489 g/mol. The molecule has 0 aliphatic carbocycles. The van der Waals surface area contributed by atoms with Gasteiger partial charge in [-0.05, 0) is 61.0 Å². The molecule has 0 unspecified atom stereocenters. The Morgan fingerprint density at radius 1 is 1.11 bits per heavy atom. The number of hydrogen-bond donors (Lipinski definition) is 2. The minimum absolute atomic E-state index is 0.333. The summed E-state index contributed by atoms with van der Waals surface area (Å²) >= 11 is 6.07. The largest absolute Gasteiger partial charge is 0.494 e. The van der Waals surface area contributed by atoms with Crippen LogP contribution in [0.15, 0.2) is 85.1 Å². The van der Waals surface area contributed by atoms with Crippen molar-refractivity contribution in [1.29, 1.82) is 0 Å². The minimum Gasteiger partial charge on any atom is -0.494 e. The van der Waals surface area contributed by atoms with Gasteiger partial charge in [0, 0.05) is 22.0 Å². The Labute approximate surface area is 207 Å². The molecule has 0 bridgehead atoms. The van der Waals surface area contributed by atoms with Crippen molar-refractivity contribution in [1.82, 2.24) is 9.78 Å². The molecule has 0 spiro atoms. The van der Waals surface area contributed by atoms with E-state index in [9.17, 15) is 9.18 Å². The third-order valence-electron chi connectivity index (χ3n) is 5.68. The smallest absolute Gasteiger partial charge is 0.261 e. The molecule has 1 atom stereocenters. The van der Waals surface area contributed by atoms with Gasteiger partial charge in [-0.1, -0.05) is 41.9 Å². The van der Waals surface area contributed by atoms with Gasteiger partial charge in [0.25, 0.3) is 5.91 Å². The van der Waals surface area contributed by atoms with Crippen molar-refractivity contribution < 1.29 is 13.9 Å². The highest BCUT2D eigenvalue weighted by Gasteiger charge is 2.29. The molecule has 6 nitrogen and oxygen atoms in total. The maximum absolute atomic E-state index is 14.8. The third kappa shape index (κ3) is 4.63. The van der Waals surface area contributed by atoms with Crippen LogP contribution < -0.4 is 15.4 Å². The molecule has 1 aliphatic heterocycles. The van der Waals surface area contributed by atoms with Gasteiger partial charge in [0.2, 0.25) is 0 Å². The van der Waals surface area contributed by atoms with Crippen LogP contribution in [0.4, 0.5) is 15.9 Å². The number of ether oxygens (including phenoxy) is 1. The second kappa shape index (κ2) is 9.64. The number of carbonyl (C=O) groups is 1. The third-order valence-corrected chi connectivity index (χ3v) is 5.94. The fourth-order valence-corrected chi connectivity index (χ4v) is 4.12. The number of rotatable bonds is 6. The molecule has 0 radical (unpaired) electrons. The Morgan fingerprint density at radius 3 is 2.57 bits per heavy atom. The zero-order valence-electron chi connectivity index (χ0n) is 18.8. The van der Waals surface area contributed by atoms with Gasteiger partial charge < -0.3 is 15.4 Å². The monoisotopic (exact) mass is 488 g/mol. The van der Waals surface area contributed by atoms with Gasteiger partial charge in [-0.15, -0.1) is 0 Å². The van der Waals surface area contributed by atoms with Gasteiger partial charge in [0.05, 0.1) is 12.8 Å². The first kappa shape index (κ1) is 22.7. The number of anilines is 2. The molecule has 0 saturated heterocycles. The van der Waals surface area contributed by atoms with Gasteiger partial charge in [-0.25, -0.2) is 9.07 Å².